The Kier molecular flexibility index (Phi) is 4.15. The number of aromatic nitrogens is 4. The van der Waals surface area contributed by atoms with Gasteiger partial charge < -0.3 is 4.90 Å². The Morgan fingerprint density at radius 2 is 2.16 bits per heavy atom. The van der Waals surface area contributed by atoms with Gasteiger partial charge in [-0.25, -0.2) is 0 Å². The SMILES string of the molecule is C[C@@H]1CN(Cc2cccnc2)CCN1C(=O)c1cccc2n[nH]nc12. The third-order valence-electron chi connectivity index (χ3n) is 4.68. The molecule has 3 aromatic rings. The van der Waals surface area contributed by atoms with Crippen LogP contribution in [0.25, 0.3) is 11.0 Å². The highest BCUT2D eigenvalue weighted by molar-refractivity contribution is 6.04. The molecule has 1 amide bonds. The smallest absolute Gasteiger partial charge is 0.256 e. The molecule has 0 unspecified atom stereocenters. The average Bonchev–Trinajstić information content (AvgIpc) is 3.11. The summed E-state index contributed by atoms with van der Waals surface area (Å²) >= 11 is 0. The van der Waals surface area contributed by atoms with E-state index in [1.54, 1.807) is 6.20 Å². The first-order chi connectivity index (χ1) is 12.2. The molecular formula is C18H20N6O. The maximum atomic E-state index is 13.0. The lowest BCUT2D eigenvalue weighted by atomic mass is 10.1. The van der Waals surface area contributed by atoms with Gasteiger partial charge in [-0.1, -0.05) is 12.1 Å². The number of pyridine rings is 1. The standard InChI is InChI=1S/C18H20N6O/c1-13-11-23(12-14-4-3-7-19-10-14)8-9-24(13)18(25)15-5-2-6-16-17(15)21-22-20-16/h2-7,10,13H,8-9,11-12H2,1H3,(H,20,21,22)/t13-/m1/s1. The second kappa shape index (κ2) is 6.60. The highest BCUT2D eigenvalue weighted by Crippen LogP contribution is 2.20. The van der Waals surface area contributed by atoms with Crippen LogP contribution in [0.4, 0.5) is 0 Å². The minimum absolute atomic E-state index is 0.0213. The number of hydrogen-bond acceptors (Lipinski definition) is 5. The first-order valence-corrected chi connectivity index (χ1v) is 8.44. The molecule has 1 aromatic carbocycles. The number of fused-ring (bicyclic) bond motifs is 1. The van der Waals surface area contributed by atoms with Crippen LogP contribution in [0.5, 0.6) is 0 Å². The van der Waals surface area contributed by atoms with E-state index in [4.69, 9.17) is 0 Å². The van der Waals surface area contributed by atoms with Gasteiger partial charge in [-0.3, -0.25) is 14.7 Å². The van der Waals surface area contributed by atoms with E-state index in [1.165, 1.54) is 5.56 Å². The number of carbonyl (C=O) groups is 1. The molecule has 1 saturated heterocycles. The van der Waals surface area contributed by atoms with Gasteiger partial charge in [0.1, 0.15) is 11.0 Å². The van der Waals surface area contributed by atoms with Gasteiger partial charge in [0, 0.05) is 44.6 Å². The van der Waals surface area contributed by atoms with Crippen molar-refractivity contribution in [2.75, 3.05) is 19.6 Å². The van der Waals surface area contributed by atoms with E-state index in [0.29, 0.717) is 23.1 Å². The lowest BCUT2D eigenvalue weighted by molar-refractivity contribution is 0.0477. The molecule has 1 atom stereocenters. The van der Waals surface area contributed by atoms with Crippen LogP contribution in [0.2, 0.25) is 0 Å². The van der Waals surface area contributed by atoms with Crippen LogP contribution in [0.3, 0.4) is 0 Å². The molecule has 3 heterocycles. The van der Waals surface area contributed by atoms with Crippen molar-refractivity contribution in [3.8, 4) is 0 Å². The molecule has 2 aromatic heterocycles. The van der Waals surface area contributed by atoms with E-state index in [9.17, 15) is 4.79 Å². The molecule has 0 saturated carbocycles. The van der Waals surface area contributed by atoms with Crippen molar-refractivity contribution in [2.45, 2.75) is 19.5 Å². The number of benzene rings is 1. The Labute approximate surface area is 145 Å². The number of carbonyl (C=O) groups excluding carboxylic acids is 1. The average molecular weight is 336 g/mol. The molecule has 7 nitrogen and oxygen atoms in total. The quantitative estimate of drug-likeness (QED) is 0.788. The van der Waals surface area contributed by atoms with E-state index in [0.717, 1.165) is 19.6 Å². The third-order valence-corrected chi connectivity index (χ3v) is 4.68. The number of H-pyrrole nitrogens is 1. The van der Waals surface area contributed by atoms with E-state index in [2.05, 4.69) is 38.3 Å². The van der Waals surface area contributed by atoms with Crippen LogP contribution in [-0.2, 0) is 6.54 Å². The molecule has 4 rings (SSSR count). The van der Waals surface area contributed by atoms with Crippen LogP contribution >= 0.6 is 0 Å². The number of nitrogens with zero attached hydrogens (tertiary/aromatic N) is 5. The second-order valence-corrected chi connectivity index (χ2v) is 6.44. The minimum Gasteiger partial charge on any atom is -0.333 e. The minimum atomic E-state index is 0.0213. The van der Waals surface area contributed by atoms with Crippen molar-refractivity contribution in [3.05, 3.63) is 53.9 Å². The molecule has 1 aliphatic heterocycles. The maximum Gasteiger partial charge on any atom is 0.256 e. The number of aromatic amines is 1. The Morgan fingerprint density at radius 1 is 1.24 bits per heavy atom. The number of rotatable bonds is 3. The molecule has 1 fully saturated rings. The van der Waals surface area contributed by atoms with Crippen LogP contribution in [0.15, 0.2) is 42.7 Å². The zero-order chi connectivity index (χ0) is 17.2. The highest BCUT2D eigenvalue weighted by atomic mass is 16.2. The van der Waals surface area contributed by atoms with Crippen LogP contribution in [0.1, 0.15) is 22.8 Å². The molecule has 7 heteroatoms. The fourth-order valence-electron chi connectivity index (χ4n) is 3.42. The summed E-state index contributed by atoms with van der Waals surface area (Å²) in [5, 5.41) is 10.8. The maximum absolute atomic E-state index is 13.0. The van der Waals surface area contributed by atoms with Gasteiger partial charge in [0.25, 0.3) is 5.91 Å². The predicted octanol–water partition coefficient (Wildman–Crippen LogP) is 1.70. The Hall–Kier alpha value is -2.80. The summed E-state index contributed by atoms with van der Waals surface area (Å²) in [6, 6.07) is 9.70. The Morgan fingerprint density at radius 3 is 2.96 bits per heavy atom. The largest absolute Gasteiger partial charge is 0.333 e. The molecule has 0 aliphatic carbocycles. The third kappa shape index (κ3) is 3.10. The fourth-order valence-corrected chi connectivity index (χ4v) is 3.42. The second-order valence-electron chi connectivity index (χ2n) is 6.44. The zero-order valence-electron chi connectivity index (χ0n) is 14.1. The van der Waals surface area contributed by atoms with Gasteiger partial charge in [0.15, 0.2) is 0 Å². The van der Waals surface area contributed by atoms with Gasteiger partial charge >= 0.3 is 0 Å². The van der Waals surface area contributed by atoms with Crippen molar-refractivity contribution in [3.63, 3.8) is 0 Å². The van der Waals surface area contributed by atoms with E-state index < -0.39 is 0 Å². The predicted molar refractivity (Wildman–Crippen MR) is 93.9 cm³/mol. The highest BCUT2D eigenvalue weighted by Gasteiger charge is 2.29. The summed E-state index contributed by atoms with van der Waals surface area (Å²) in [6.45, 7) is 5.35. The Balaban J connectivity index is 1.47. The molecule has 1 aliphatic rings. The first-order valence-electron chi connectivity index (χ1n) is 8.44. The number of piperazine rings is 1. The number of amides is 1. The van der Waals surface area contributed by atoms with Crippen LogP contribution < -0.4 is 0 Å². The van der Waals surface area contributed by atoms with Gasteiger partial charge in [0.2, 0.25) is 0 Å². The lowest BCUT2D eigenvalue weighted by Crippen LogP contribution is -2.53. The summed E-state index contributed by atoms with van der Waals surface area (Å²) < 4.78 is 0. The first kappa shape index (κ1) is 15.7. The van der Waals surface area contributed by atoms with E-state index >= 15 is 0 Å². The molecular weight excluding hydrogens is 316 g/mol. The lowest BCUT2D eigenvalue weighted by Gasteiger charge is -2.40. The molecule has 25 heavy (non-hydrogen) atoms. The molecule has 1 N–H and O–H groups in total. The summed E-state index contributed by atoms with van der Waals surface area (Å²) in [5.41, 5.74) is 3.16. The normalized spacial score (nSPS) is 18.6. The molecule has 128 valence electrons. The van der Waals surface area contributed by atoms with Crippen molar-refractivity contribution in [1.29, 1.82) is 0 Å². The van der Waals surface area contributed by atoms with Crippen molar-refractivity contribution in [2.24, 2.45) is 0 Å². The topological polar surface area (TPSA) is 78.0 Å². The van der Waals surface area contributed by atoms with E-state index in [1.807, 2.05) is 35.4 Å². The number of hydrogen-bond donors (Lipinski definition) is 1. The van der Waals surface area contributed by atoms with Crippen molar-refractivity contribution < 1.29 is 4.79 Å². The van der Waals surface area contributed by atoms with Gasteiger partial charge in [-0.15, -0.1) is 0 Å². The molecule has 0 bridgehead atoms. The number of para-hydroxylation sites is 1. The Bertz CT molecular complexity index is 877. The monoisotopic (exact) mass is 336 g/mol. The van der Waals surface area contributed by atoms with Crippen molar-refractivity contribution in [1.82, 2.24) is 30.2 Å². The van der Waals surface area contributed by atoms with E-state index in [-0.39, 0.29) is 11.9 Å². The van der Waals surface area contributed by atoms with Gasteiger partial charge in [-0.2, -0.15) is 15.4 Å². The van der Waals surface area contributed by atoms with Gasteiger partial charge in [-0.05, 0) is 30.7 Å². The van der Waals surface area contributed by atoms with Crippen LogP contribution in [0, 0.1) is 0 Å². The summed E-state index contributed by atoms with van der Waals surface area (Å²) in [4.78, 5) is 21.5. The summed E-state index contributed by atoms with van der Waals surface area (Å²) in [5.74, 6) is 0.0213. The fraction of sp³-hybridized carbons (Fsp3) is 0.333. The van der Waals surface area contributed by atoms with Crippen molar-refractivity contribution >= 4 is 16.9 Å². The summed E-state index contributed by atoms with van der Waals surface area (Å²) in [6.07, 6.45) is 3.68. The summed E-state index contributed by atoms with van der Waals surface area (Å²) in [7, 11) is 0. The zero-order valence-corrected chi connectivity index (χ0v) is 14.1. The molecule has 0 spiro atoms. The molecule has 0 radical (unpaired) electrons. The van der Waals surface area contributed by atoms with Crippen LogP contribution in [-0.4, -0.2) is 61.8 Å². The number of nitrogens with one attached hydrogen (secondary N) is 1. The van der Waals surface area contributed by atoms with Gasteiger partial charge in [0.05, 0.1) is 5.56 Å².